The van der Waals surface area contributed by atoms with Gasteiger partial charge in [0.05, 0.1) is 21.5 Å². The van der Waals surface area contributed by atoms with Gasteiger partial charge in [-0.1, -0.05) is 29.7 Å². The zero-order valence-corrected chi connectivity index (χ0v) is 26.2. The van der Waals surface area contributed by atoms with Gasteiger partial charge >= 0.3 is 0 Å². The van der Waals surface area contributed by atoms with Gasteiger partial charge < -0.3 is 0 Å². The van der Waals surface area contributed by atoms with E-state index in [2.05, 4.69) is 0 Å². The van der Waals surface area contributed by atoms with E-state index in [1.165, 1.54) is 0 Å². The minimum absolute atomic E-state index is 0.0572. The Kier molecular flexibility index (Phi) is 8.96. The van der Waals surface area contributed by atoms with Gasteiger partial charge in [-0.15, -0.1) is 0 Å². The monoisotopic (exact) mass is 810 g/mol. The molecule has 0 spiro atoms. The predicted molar refractivity (Wildman–Crippen MR) is 161 cm³/mol. The summed E-state index contributed by atoms with van der Waals surface area (Å²) < 4.78 is 290. The molecule has 0 heterocycles. The molecule has 0 atom stereocenters. The van der Waals surface area contributed by atoms with E-state index in [4.69, 9.17) is 0 Å². The van der Waals surface area contributed by atoms with Gasteiger partial charge in [-0.25, -0.2) is 83.4 Å². The highest BCUT2D eigenvalue weighted by molar-refractivity contribution is 6.99. The van der Waals surface area contributed by atoms with Crippen molar-refractivity contribution in [2.24, 2.45) is 0 Å². The lowest BCUT2D eigenvalue weighted by atomic mass is 9.34. The molecule has 56 heavy (non-hydrogen) atoms. The molecule has 0 aromatic heterocycles. The molecule has 0 saturated heterocycles. The van der Waals surface area contributed by atoms with Crippen LogP contribution in [0.4, 0.5) is 83.4 Å². The van der Waals surface area contributed by atoms with Gasteiger partial charge in [-0.05, 0) is 22.6 Å². The summed E-state index contributed by atoms with van der Waals surface area (Å²) in [6, 6.07) is 2.69. The number of rotatable bonds is 4. The Morgan fingerprint density at radius 1 is 0.286 bits per heavy atom. The van der Waals surface area contributed by atoms with Crippen molar-refractivity contribution in [3.63, 3.8) is 0 Å². The molecule has 0 radical (unpaired) electrons. The molecule has 0 aliphatic heterocycles. The molecule has 0 saturated carbocycles. The summed E-state index contributed by atoms with van der Waals surface area (Å²) >= 11 is 0. The highest BCUT2D eigenvalue weighted by Crippen LogP contribution is 2.39. The van der Waals surface area contributed by atoms with Crippen LogP contribution in [-0.2, 0) is 0 Å². The summed E-state index contributed by atoms with van der Waals surface area (Å²) in [5.74, 6) is -51.7. The fraction of sp³-hybridized carbons (Fsp3) is 0. The maximum atomic E-state index is 16.6. The van der Waals surface area contributed by atoms with Crippen molar-refractivity contribution in [2.45, 2.75) is 0 Å². The standard InChI is InChI=1S/C36H6BF19/c38-7-5-9(20(40)11(39)6-7)8-3-1-2-4-10(8)37(19-13-15(25(45)32(52)30(19)50)26(46)34(54)33(53)23(13)43)18-12-14(24(44)31(51)29(18)49)22(42)17-16(21(12)41)27(47)35(55)36(56)28(17)48/h1-6H. The lowest BCUT2D eigenvalue weighted by Crippen LogP contribution is -2.57. The molecule has 0 aliphatic carbocycles. The fourth-order valence-electron chi connectivity index (χ4n) is 6.67. The average molecular weight is 810 g/mol. The second-order valence-electron chi connectivity index (χ2n) is 11.9. The number of benzene rings is 7. The zero-order chi connectivity index (χ0) is 41.1. The molecular weight excluding hydrogens is 804 g/mol. The normalized spacial score (nSPS) is 11.8. The third-order valence-electron chi connectivity index (χ3n) is 9.02. The van der Waals surface area contributed by atoms with E-state index in [0.29, 0.717) is 12.1 Å². The van der Waals surface area contributed by atoms with E-state index >= 15 is 52.7 Å². The van der Waals surface area contributed by atoms with Crippen molar-refractivity contribution >= 4 is 55.4 Å². The van der Waals surface area contributed by atoms with Gasteiger partial charge in [-0.3, -0.25) is 0 Å². The molecule has 7 rings (SSSR count). The zero-order valence-electron chi connectivity index (χ0n) is 26.2. The smallest absolute Gasteiger partial charge is 0.207 e. The second kappa shape index (κ2) is 13.1. The van der Waals surface area contributed by atoms with Crippen molar-refractivity contribution < 1.29 is 83.4 Å². The molecule has 0 N–H and O–H groups in total. The molecule has 0 bridgehead atoms. The van der Waals surface area contributed by atoms with Crippen LogP contribution in [0.5, 0.6) is 0 Å². The minimum Gasteiger partial charge on any atom is -0.207 e. The largest absolute Gasteiger partial charge is 0.251 e. The Bertz CT molecular complexity index is 2920. The summed E-state index contributed by atoms with van der Waals surface area (Å²) in [5, 5.41) is -13.9. The Balaban J connectivity index is 1.85. The molecule has 7 aromatic carbocycles. The van der Waals surface area contributed by atoms with Crippen LogP contribution in [0.15, 0.2) is 36.4 Å². The van der Waals surface area contributed by atoms with Gasteiger partial charge in [0.1, 0.15) is 17.5 Å². The van der Waals surface area contributed by atoms with Crippen LogP contribution >= 0.6 is 0 Å². The molecule has 286 valence electrons. The summed E-state index contributed by atoms with van der Waals surface area (Å²) in [5.41, 5.74) is -8.33. The number of halogens is 19. The van der Waals surface area contributed by atoms with Gasteiger partial charge in [0.25, 0.3) is 6.71 Å². The molecule has 0 aliphatic rings. The van der Waals surface area contributed by atoms with Gasteiger partial charge in [0.15, 0.2) is 93.1 Å². The summed E-state index contributed by atoms with van der Waals surface area (Å²) in [6.45, 7) is -3.48. The SMILES string of the molecule is Fc1cc(F)c(F)c(-c2ccccc2B(c2c(F)c(F)c(F)c3c(F)c(F)c(F)c(F)c23)c2c(F)c(F)c(F)c3c(F)c4c(F)c(F)c(F)c(F)c4c(F)c23)c1. The van der Waals surface area contributed by atoms with Gasteiger partial charge in [0.2, 0.25) is 0 Å². The van der Waals surface area contributed by atoms with Crippen LogP contribution in [-0.4, -0.2) is 6.71 Å². The lowest BCUT2D eigenvalue weighted by Gasteiger charge is -2.25. The number of hydrogen-bond donors (Lipinski definition) is 0. The Morgan fingerprint density at radius 2 is 0.625 bits per heavy atom. The molecule has 20 heteroatoms. The Morgan fingerprint density at radius 3 is 1.09 bits per heavy atom. The molecule has 7 aromatic rings. The van der Waals surface area contributed by atoms with Crippen LogP contribution in [0.1, 0.15) is 0 Å². The maximum absolute atomic E-state index is 16.6. The van der Waals surface area contributed by atoms with Crippen LogP contribution in [0.2, 0.25) is 0 Å². The van der Waals surface area contributed by atoms with E-state index in [9.17, 15) is 30.7 Å². The first kappa shape index (κ1) is 38.3. The first-order chi connectivity index (χ1) is 26.3. The van der Waals surface area contributed by atoms with E-state index in [-0.39, 0.29) is 12.1 Å². The summed E-state index contributed by atoms with van der Waals surface area (Å²) in [6.07, 6.45) is 0. The van der Waals surface area contributed by atoms with Crippen molar-refractivity contribution in [3.8, 4) is 11.1 Å². The number of fused-ring (bicyclic) bond motifs is 3. The Labute approximate surface area is 297 Å². The lowest BCUT2D eigenvalue weighted by molar-refractivity contribution is 0.411. The molecule has 0 fully saturated rings. The maximum Gasteiger partial charge on any atom is 0.251 e. The molecule has 0 nitrogen and oxygen atoms in total. The first-order valence-corrected chi connectivity index (χ1v) is 14.9. The third-order valence-corrected chi connectivity index (χ3v) is 9.02. The average Bonchev–Trinajstić information content (AvgIpc) is 3.16. The van der Waals surface area contributed by atoms with Crippen LogP contribution in [0, 0.1) is 111 Å². The summed E-state index contributed by atoms with van der Waals surface area (Å²) in [7, 11) is 0. The van der Waals surface area contributed by atoms with Crippen LogP contribution < -0.4 is 16.4 Å². The quantitative estimate of drug-likeness (QED) is 0.0547. The minimum atomic E-state index is -3.48. The van der Waals surface area contributed by atoms with Crippen molar-refractivity contribution in [1.29, 1.82) is 0 Å². The molecule has 0 amide bonds. The van der Waals surface area contributed by atoms with E-state index in [1.807, 2.05) is 0 Å². The Hall–Kier alpha value is -5.95. The first-order valence-electron chi connectivity index (χ1n) is 14.9. The fourth-order valence-corrected chi connectivity index (χ4v) is 6.67. The third kappa shape index (κ3) is 5.06. The van der Waals surface area contributed by atoms with E-state index < -0.39 is 177 Å². The van der Waals surface area contributed by atoms with Crippen molar-refractivity contribution in [3.05, 3.63) is 147 Å². The van der Waals surface area contributed by atoms with E-state index in [1.54, 1.807) is 0 Å². The number of hydrogen-bond acceptors (Lipinski definition) is 0. The van der Waals surface area contributed by atoms with Crippen LogP contribution in [0.3, 0.4) is 0 Å². The topological polar surface area (TPSA) is 0 Å². The predicted octanol–water partition coefficient (Wildman–Crippen LogP) is 9.97. The van der Waals surface area contributed by atoms with Crippen molar-refractivity contribution in [2.75, 3.05) is 0 Å². The molecular formula is C36H6BF19. The van der Waals surface area contributed by atoms with Crippen molar-refractivity contribution in [1.82, 2.24) is 0 Å². The second-order valence-corrected chi connectivity index (χ2v) is 11.9. The van der Waals surface area contributed by atoms with Gasteiger partial charge in [-0.2, -0.15) is 0 Å². The molecule has 0 unspecified atom stereocenters. The highest BCUT2D eigenvalue weighted by atomic mass is 19.2. The van der Waals surface area contributed by atoms with Crippen LogP contribution in [0.25, 0.3) is 43.4 Å². The highest BCUT2D eigenvalue weighted by Gasteiger charge is 2.43. The summed E-state index contributed by atoms with van der Waals surface area (Å²) in [4.78, 5) is 0. The van der Waals surface area contributed by atoms with E-state index in [0.717, 1.165) is 12.1 Å². The van der Waals surface area contributed by atoms with Gasteiger partial charge in [0, 0.05) is 22.4 Å².